The first-order valence-electron chi connectivity index (χ1n) is 5.89. The second-order valence-electron chi connectivity index (χ2n) is 4.25. The van der Waals surface area contributed by atoms with Crippen molar-refractivity contribution in [1.82, 2.24) is 10.2 Å². The van der Waals surface area contributed by atoms with Crippen molar-refractivity contribution < 1.29 is 9.53 Å². The molecule has 0 aliphatic carbocycles. The zero-order valence-electron chi connectivity index (χ0n) is 10.2. The molecular weight excluding hydrogens is 301 g/mol. The molecule has 20 heavy (non-hydrogen) atoms. The molecule has 1 N–H and O–H groups in total. The molecule has 1 aromatic heterocycles. The molecule has 2 heterocycles. The number of aromatic nitrogens is 2. The summed E-state index contributed by atoms with van der Waals surface area (Å²) >= 11 is 11.5. The quantitative estimate of drug-likeness (QED) is 0.926. The number of anilines is 1. The largest absolute Gasteiger partial charge is 0.493 e. The Morgan fingerprint density at radius 3 is 2.95 bits per heavy atom. The number of benzene rings is 1. The summed E-state index contributed by atoms with van der Waals surface area (Å²) in [6, 6.07) is 6.86. The second kappa shape index (κ2) is 5.26. The number of nitrogens with one attached hydrogen (secondary N) is 1. The van der Waals surface area contributed by atoms with E-state index in [0.29, 0.717) is 12.3 Å². The molecule has 0 unspecified atom stereocenters. The topological polar surface area (TPSA) is 64.1 Å². The van der Waals surface area contributed by atoms with Crippen molar-refractivity contribution >= 4 is 34.8 Å². The zero-order valence-corrected chi connectivity index (χ0v) is 11.7. The fraction of sp³-hybridized carbons (Fsp3) is 0.154. The van der Waals surface area contributed by atoms with Crippen LogP contribution in [-0.2, 0) is 6.42 Å². The molecule has 0 radical (unpaired) electrons. The Labute approximate surface area is 124 Å². The van der Waals surface area contributed by atoms with E-state index in [1.807, 2.05) is 12.1 Å². The Kier molecular flexibility index (Phi) is 3.46. The lowest BCUT2D eigenvalue weighted by molar-refractivity contribution is 0.102. The van der Waals surface area contributed by atoms with Crippen molar-refractivity contribution in [3.8, 4) is 5.75 Å². The van der Waals surface area contributed by atoms with Crippen LogP contribution in [0.25, 0.3) is 0 Å². The van der Waals surface area contributed by atoms with Crippen LogP contribution in [0.2, 0.25) is 10.3 Å². The minimum atomic E-state index is -0.384. The number of fused-ring (bicyclic) bond motifs is 1. The van der Waals surface area contributed by atoms with E-state index in [0.717, 1.165) is 17.7 Å². The summed E-state index contributed by atoms with van der Waals surface area (Å²) in [7, 11) is 0. The van der Waals surface area contributed by atoms with Gasteiger partial charge in [-0.05, 0) is 29.8 Å². The first-order chi connectivity index (χ1) is 9.63. The Morgan fingerprint density at radius 2 is 2.10 bits per heavy atom. The molecule has 1 aromatic carbocycles. The van der Waals surface area contributed by atoms with E-state index in [-0.39, 0.29) is 21.8 Å². The number of nitrogens with zero attached hydrogens (tertiary/aromatic N) is 2. The van der Waals surface area contributed by atoms with Crippen LogP contribution in [-0.4, -0.2) is 22.7 Å². The molecule has 2 aromatic rings. The molecule has 3 rings (SSSR count). The molecule has 5 nitrogen and oxygen atoms in total. The van der Waals surface area contributed by atoms with Gasteiger partial charge in [0.05, 0.1) is 12.2 Å². The highest BCUT2D eigenvalue weighted by Crippen LogP contribution is 2.28. The summed E-state index contributed by atoms with van der Waals surface area (Å²) < 4.78 is 5.41. The number of amides is 1. The molecule has 0 saturated heterocycles. The third-order valence-corrected chi connectivity index (χ3v) is 3.37. The van der Waals surface area contributed by atoms with Gasteiger partial charge in [0, 0.05) is 12.1 Å². The highest BCUT2D eigenvalue weighted by atomic mass is 35.5. The lowest BCUT2D eigenvalue weighted by Gasteiger charge is -2.07. The molecule has 1 aliphatic rings. The summed E-state index contributed by atoms with van der Waals surface area (Å²) in [5, 5.41) is 10.0. The fourth-order valence-corrected chi connectivity index (χ4v) is 2.30. The third-order valence-electron chi connectivity index (χ3n) is 2.91. The summed E-state index contributed by atoms with van der Waals surface area (Å²) in [4.78, 5) is 12.1. The predicted molar refractivity (Wildman–Crippen MR) is 75.6 cm³/mol. The van der Waals surface area contributed by atoms with Gasteiger partial charge in [0.15, 0.2) is 10.3 Å². The van der Waals surface area contributed by atoms with Crippen LogP contribution in [0.15, 0.2) is 24.3 Å². The first kappa shape index (κ1) is 13.1. The average Bonchev–Trinajstić information content (AvgIpc) is 2.89. The van der Waals surface area contributed by atoms with Gasteiger partial charge in [0.2, 0.25) is 0 Å². The highest BCUT2D eigenvalue weighted by Gasteiger charge is 2.16. The predicted octanol–water partition coefficient (Wildman–Crippen LogP) is 2.97. The monoisotopic (exact) mass is 309 g/mol. The van der Waals surface area contributed by atoms with E-state index in [2.05, 4.69) is 15.5 Å². The Balaban J connectivity index is 1.84. The molecule has 102 valence electrons. The minimum Gasteiger partial charge on any atom is -0.493 e. The molecule has 1 amide bonds. The molecule has 0 fully saturated rings. The lowest BCUT2D eigenvalue weighted by atomic mass is 10.1. The minimum absolute atomic E-state index is 0.0105. The van der Waals surface area contributed by atoms with Gasteiger partial charge in [-0.15, -0.1) is 10.2 Å². The molecule has 1 aliphatic heterocycles. The smallest absolute Gasteiger partial charge is 0.258 e. The van der Waals surface area contributed by atoms with Crippen LogP contribution < -0.4 is 10.1 Å². The van der Waals surface area contributed by atoms with Crippen LogP contribution in [0.1, 0.15) is 15.9 Å². The van der Waals surface area contributed by atoms with Crippen LogP contribution >= 0.6 is 23.2 Å². The van der Waals surface area contributed by atoms with Crippen molar-refractivity contribution in [3.63, 3.8) is 0 Å². The average molecular weight is 310 g/mol. The van der Waals surface area contributed by atoms with Gasteiger partial charge in [-0.25, -0.2) is 0 Å². The normalized spacial score (nSPS) is 12.7. The van der Waals surface area contributed by atoms with Crippen molar-refractivity contribution in [2.45, 2.75) is 6.42 Å². The maximum Gasteiger partial charge on any atom is 0.258 e. The number of rotatable bonds is 2. The van der Waals surface area contributed by atoms with Gasteiger partial charge in [0.25, 0.3) is 5.91 Å². The van der Waals surface area contributed by atoms with Gasteiger partial charge < -0.3 is 10.1 Å². The molecule has 0 spiro atoms. The van der Waals surface area contributed by atoms with Crippen LogP contribution in [0.3, 0.4) is 0 Å². The standard InChI is InChI=1S/C13H9Cl2N3O2/c14-11-6-9(12(15)18-17-11)13(19)16-8-1-2-10-7(5-8)3-4-20-10/h1-2,5-6H,3-4H2,(H,16,19). The number of carbonyl (C=O) groups excluding carboxylic acids is 1. The maximum absolute atomic E-state index is 12.1. The second-order valence-corrected chi connectivity index (χ2v) is 4.99. The third kappa shape index (κ3) is 2.55. The maximum atomic E-state index is 12.1. The van der Waals surface area contributed by atoms with Crippen molar-refractivity contribution in [1.29, 1.82) is 0 Å². The van der Waals surface area contributed by atoms with E-state index in [1.54, 1.807) is 6.07 Å². The number of hydrogen-bond acceptors (Lipinski definition) is 4. The number of ether oxygens (including phenoxy) is 1. The molecule has 0 saturated carbocycles. The van der Waals surface area contributed by atoms with Crippen LogP contribution in [0, 0.1) is 0 Å². The molecule has 0 bridgehead atoms. The summed E-state index contributed by atoms with van der Waals surface area (Å²) in [6.45, 7) is 0.669. The molecule has 0 atom stereocenters. The van der Waals surface area contributed by atoms with Crippen LogP contribution in [0.4, 0.5) is 5.69 Å². The number of halogens is 2. The Hall–Kier alpha value is -1.85. The SMILES string of the molecule is O=C(Nc1ccc2c(c1)CCO2)c1cc(Cl)nnc1Cl. The van der Waals surface area contributed by atoms with E-state index < -0.39 is 0 Å². The lowest BCUT2D eigenvalue weighted by Crippen LogP contribution is -2.13. The first-order valence-corrected chi connectivity index (χ1v) is 6.65. The summed E-state index contributed by atoms with van der Waals surface area (Å²) in [5.74, 6) is 0.473. The Morgan fingerprint density at radius 1 is 1.25 bits per heavy atom. The van der Waals surface area contributed by atoms with Gasteiger partial charge in [-0.3, -0.25) is 4.79 Å². The van der Waals surface area contributed by atoms with Gasteiger partial charge in [0.1, 0.15) is 5.75 Å². The van der Waals surface area contributed by atoms with Crippen LogP contribution in [0.5, 0.6) is 5.75 Å². The van der Waals surface area contributed by atoms with Gasteiger partial charge >= 0.3 is 0 Å². The fourth-order valence-electron chi connectivity index (χ4n) is 1.98. The van der Waals surface area contributed by atoms with E-state index >= 15 is 0 Å². The van der Waals surface area contributed by atoms with E-state index in [4.69, 9.17) is 27.9 Å². The zero-order chi connectivity index (χ0) is 14.1. The van der Waals surface area contributed by atoms with E-state index in [1.165, 1.54) is 6.07 Å². The number of hydrogen-bond donors (Lipinski definition) is 1. The van der Waals surface area contributed by atoms with Crippen molar-refractivity contribution in [2.24, 2.45) is 0 Å². The summed E-state index contributed by atoms with van der Waals surface area (Å²) in [6.07, 6.45) is 0.836. The highest BCUT2D eigenvalue weighted by molar-refractivity contribution is 6.34. The summed E-state index contributed by atoms with van der Waals surface area (Å²) in [5.41, 5.74) is 1.92. The van der Waals surface area contributed by atoms with E-state index in [9.17, 15) is 4.79 Å². The van der Waals surface area contributed by atoms with Gasteiger partial charge in [-0.1, -0.05) is 23.2 Å². The Bertz CT molecular complexity index is 691. The van der Waals surface area contributed by atoms with Gasteiger partial charge in [-0.2, -0.15) is 0 Å². The molecule has 7 heteroatoms. The number of carbonyl (C=O) groups is 1. The van der Waals surface area contributed by atoms with Crippen molar-refractivity contribution in [3.05, 3.63) is 45.7 Å². The van der Waals surface area contributed by atoms with Crippen molar-refractivity contribution in [2.75, 3.05) is 11.9 Å². The molecular formula is C13H9Cl2N3O2.